The summed E-state index contributed by atoms with van der Waals surface area (Å²) < 4.78 is 0. The number of carbonyl (C=O) groups is 3. The predicted octanol–water partition coefficient (Wildman–Crippen LogP) is 5.87. The van der Waals surface area contributed by atoms with E-state index in [1.807, 2.05) is 4.90 Å². The van der Waals surface area contributed by atoms with E-state index in [1.165, 1.54) is 19.3 Å². The van der Waals surface area contributed by atoms with Crippen LogP contribution in [-0.4, -0.2) is 35.8 Å². The van der Waals surface area contributed by atoms with Gasteiger partial charge in [-0.3, -0.25) is 9.59 Å². The first-order valence-electron chi connectivity index (χ1n) is 12.5. The van der Waals surface area contributed by atoms with Gasteiger partial charge in [0.25, 0.3) is 5.91 Å². The Labute approximate surface area is 201 Å². The maximum absolute atomic E-state index is 12.8. The Hall–Kier alpha value is -3.35. The molecule has 4 rings (SSSR count). The van der Waals surface area contributed by atoms with Crippen LogP contribution < -0.4 is 16.0 Å². The van der Waals surface area contributed by atoms with Crippen LogP contribution in [0.1, 0.15) is 68.1 Å². The van der Waals surface area contributed by atoms with E-state index < -0.39 is 0 Å². The molecule has 2 aromatic carbocycles. The molecule has 4 amide bonds. The zero-order valence-electron chi connectivity index (χ0n) is 19.6. The van der Waals surface area contributed by atoms with Crippen molar-refractivity contribution in [3.05, 3.63) is 54.1 Å². The zero-order valence-corrected chi connectivity index (χ0v) is 19.6. The number of nitrogens with one attached hydrogen (secondary N) is 3. The number of amides is 4. The van der Waals surface area contributed by atoms with Crippen molar-refractivity contribution in [3.8, 4) is 0 Å². The summed E-state index contributed by atoms with van der Waals surface area (Å²) in [6.07, 6.45) is 9.70. The van der Waals surface area contributed by atoms with Crippen LogP contribution in [0, 0.1) is 5.92 Å². The van der Waals surface area contributed by atoms with Gasteiger partial charge in [-0.05, 0) is 68.1 Å². The zero-order chi connectivity index (χ0) is 23.8. The lowest BCUT2D eigenvalue weighted by Crippen LogP contribution is -2.35. The summed E-state index contributed by atoms with van der Waals surface area (Å²) in [6.45, 7) is 1.58. The number of benzene rings is 2. The molecule has 7 heteroatoms. The number of likely N-dealkylation sites (tertiary alicyclic amines) is 1. The first-order valence-corrected chi connectivity index (χ1v) is 12.5. The van der Waals surface area contributed by atoms with Crippen LogP contribution in [0.5, 0.6) is 0 Å². The van der Waals surface area contributed by atoms with Gasteiger partial charge in [0.05, 0.1) is 0 Å². The summed E-state index contributed by atoms with van der Waals surface area (Å²) in [5, 5.41) is 8.78. The van der Waals surface area contributed by atoms with Crippen LogP contribution in [0.25, 0.3) is 0 Å². The van der Waals surface area contributed by atoms with Crippen molar-refractivity contribution >= 4 is 34.9 Å². The minimum Gasteiger partial charge on any atom is -0.326 e. The summed E-state index contributed by atoms with van der Waals surface area (Å²) in [4.78, 5) is 39.6. The van der Waals surface area contributed by atoms with Crippen LogP contribution >= 0.6 is 0 Å². The molecule has 0 bridgehead atoms. The first-order chi connectivity index (χ1) is 16.6. The summed E-state index contributed by atoms with van der Waals surface area (Å²) in [7, 11) is 0. The van der Waals surface area contributed by atoms with Crippen molar-refractivity contribution in [1.29, 1.82) is 0 Å². The lowest BCUT2D eigenvalue weighted by atomic mass is 9.88. The van der Waals surface area contributed by atoms with Crippen molar-refractivity contribution in [2.24, 2.45) is 5.92 Å². The van der Waals surface area contributed by atoms with Gasteiger partial charge in [-0.2, -0.15) is 0 Å². The molecule has 0 atom stereocenters. The first kappa shape index (κ1) is 23.8. The normalized spacial score (nSPS) is 16.9. The van der Waals surface area contributed by atoms with E-state index in [4.69, 9.17) is 0 Å². The third-order valence-corrected chi connectivity index (χ3v) is 6.66. The maximum atomic E-state index is 12.8. The summed E-state index contributed by atoms with van der Waals surface area (Å²) in [5.74, 6) is -0.158. The number of rotatable bonds is 5. The smallest absolute Gasteiger partial charge is 0.321 e. The molecule has 1 aliphatic carbocycles. The summed E-state index contributed by atoms with van der Waals surface area (Å²) in [6, 6.07) is 14.0. The highest BCUT2D eigenvalue weighted by atomic mass is 16.2. The van der Waals surface area contributed by atoms with E-state index in [-0.39, 0.29) is 23.8 Å². The van der Waals surface area contributed by atoms with Crippen LogP contribution in [-0.2, 0) is 4.79 Å². The SMILES string of the molecule is O=C(Nc1ccc(NC(=O)N2CCCCCC2)cc1)c1cccc(NC(=O)C2CCCCC2)c1. The Morgan fingerprint density at radius 3 is 1.97 bits per heavy atom. The second-order valence-electron chi connectivity index (χ2n) is 9.27. The topological polar surface area (TPSA) is 90.5 Å². The average Bonchev–Trinajstić information content (AvgIpc) is 3.16. The standard InChI is InChI=1S/C27H34N4O3/c32-25(20-9-4-3-5-10-20)29-24-12-8-11-21(19-24)26(33)28-22-13-15-23(16-14-22)30-27(34)31-17-6-1-2-7-18-31/h8,11-16,19-20H,1-7,9-10,17-18H2,(H,28,33)(H,29,32)(H,30,34). The highest BCUT2D eigenvalue weighted by molar-refractivity contribution is 6.05. The molecule has 3 N–H and O–H groups in total. The van der Waals surface area contributed by atoms with E-state index in [9.17, 15) is 14.4 Å². The Kier molecular flexibility index (Phi) is 8.17. The Bertz CT molecular complexity index is 991. The molecule has 2 aliphatic rings. The lowest BCUT2D eigenvalue weighted by Gasteiger charge is -2.21. The van der Waals surface area contributed by atoms with Crippen LogP contribution in [0.2, 0.25) is 0 Å². The second-order valence-corrected chi connectivity index (χ2v) is 9.27. The van der Waals surface area contributed by atoms with Gasteiger partial charge in [-0.1, -0.05) is 38.2 Å². The highest BCUT2D eigenvalue weighted by Crippen LogP contribution is 2.25. The molecule has 1 saturated carbocycles. The number of carbonyl (C=O) groups excluding carboxylic acids is 3. The number of anilines is 3. The molecule has 2 fully saturated rings. The molecule has 0 radical (unpaired) electrons. The molecule has 1 saturated heterocycles. The third-order valence-electron chi connectivity index (χ3n) is 6.66. The van der Waals surface area contributed by atoms with Crippen molar-refractivity contribution in [2.45, 2.75) is 57.8 Å². The maximum Gasteiger partial charge on any atom is 0.321 e. The Balaban J connectivity index is 1.31. The molecule has 0 aromatic heterocycles. The number of hydrogen-bond donors (Lipinski definition) is 3. The van der Waals surface area contributed by atoms with Gasteiger partial charge >= 0.3 is 6.03 Å². The molecule has 1 heterocycles. The monoisotopic (exact) mass is 462 g/mol. The van der Waals surface area contributed by atoms with Crippen molar-refractivity contribution in [1.82, 2.24) is 4.90 Å². The van der Waals surface area contributed by atoms with Gasteiger partial charge in [0.2, 0.25) is 5.91 Å². The van der Waals surface area contributed by atoms with Gasteiger partial charge in [-0.25, -0.2) is 4.79 Å². The van der Waals surface area contributed by atoms with E-state index in [1.54, 1.807) is 48.5 Å². The second kappa shape index (κ2) is 11.7. The van der Waals surface area contributed by atoms with Gasteiger partial charge in [0.1, 0.15) is 0 Å². The minimum absolute atomic E-state index is 0.0371. The van der Waals surface area contributed by atoms with E-state index in [2.05, 4.69) is 16.0 Å². The minimum atomic E-state index is -0.255. The molecule has 180 valence electrons. The van der Waals surface area contributed by atoms with Crippen molar-refractivity contribution in [3.63, 3.8) is 0 Å². The molecular formula is C27H34N4O3. The fraction of sp³-hybridized carbons (Fsp3) is 0.444. The van der Waals surface area contributed by atoms with Gasteiger partial charge in [-0.15, -0.1) is 0 Å². The van der Waals surface area contributed by atoms with E-state index in [0.717, 1.165) is 51.6 Å². The molecule has 0 unspecified atom stereocenters. The van der Waals surface area contributed by atoms with Crippen molar-refractivity contribution < 1.29 is 14.4 Å². The fourth-order valence-electron chi connectivity index (χ4n) is 4.66. The lowest BCUT2D eigenvalue weighted by molar-refractivity contribution is -0.120. The Morgan fingerprint density at radius 1 is 0.676 bits per heavy atom. The van der Waals surface area contributed by atoms with Gasteiger partial charge < -0.3 is 20.9 Å². The third kappa shape index (κ3) is 6.59. The molecule has 7 nitrogen and oxygen atoms in total. The largest absolute Gasteiger partial charge is 0.326 e. The highest BCUT2D eigenvalue weighted by Gasteiger charge is 2.21. The van der Waals surface area contributed by atoms with Crippen LogP contribution in [0.4, 0.5) is 21.9 Å². The fourth-order valence-corrected chi connectivity index (χ4v) is 4.66. The van der Waals surface area contributed by atoms with E-state index in [0.29, 0.717) is 22.6 Å². The Morgan fingerprint density at radius 2 is 1.29 bits per heavy atom. The summed E-state index contributed by atoms with van der Waals surface area (Å²) >= 11 is 0. The van der Waals surface area contributed by atoms with Crippen molar-refractivity contribution in [2.75, 3.05) is 29.0 Å². The van der Waals surface area contributed by atoms with Gasteiger partial charge in [0, 0.05) is 41.6 Å². The molecular weight excluding hydrogens is 428 g/mol. The van der Waals surface area contributed by atoms with E-state index >= 15 is 0 Å². The predicted molar refractivity (Wildman–Crippen MR) is 135 cm³/mol. The summed E-state index contributed by atoms with van der Waals surface area (Å²) in [5.41, 5.74) is 2.43. The molecule has 0 spiro atoms. The number of nitrogens with zero attached hydrogens (tertiary/aromatic N) is 1. The average molecular weight is 463 g/mol. The molecule has 1 aliphatic heterocycles. The van der Waals surface area contributed by atoms with Crippen LogP contribution in [0.15, 0.2) is 48.5 Å². The van der Waals surface area contributed by atoms with Gasteiger partial charge in [0.15, 0.2) is 0 Å². The number of urea groups is 1. The van der Waals surface area contributed by atoms with Crippen LogP contribution in [0.3, 0.4) is 0 Å². The number of hydrogen-bond acceptors (Lipinski definition) is 3. The molecule has 2 aromatic rings. The molecule has 34 heavy (non-hydrogen) atoms. The quantitative estimate of drug-likeness (QED) is 0.519.